The van der Waals surface area contributed by atoms with Gasteiger partial charge in [-0.25, -0.2) is 0 Å². The molecule has 4 nitrogen and oxygen atoms in total. The van der Waals surface area contributed by atoms with Crippen molar-refractivity contribution in [3.63, 3.8) is 0 Å². The molecule has 1 aromatic rings. The van der Waals surface area contributed by atoms with Gasteiger partial charge in [-0.2, -0.15) is 0 Å². The van der Waals surface area contributed by atoms with Crippen LogP contribution in [-0.4, -0.2) is 29.0 Å². The van der Waals surface area contributed by atoms with E-state index >= 15 is 0 Å². The lowest BCUT2D eigenvalue weighted by Crippen LogP contribution is -2.32. The maximum atomic E-state index is 12.5. The highest BCUT2D eigenvalue weighted by Crippen LogP contribution is 2.30. The predicted octanol–water partition coefficient (Wildman–Crippen LogP) is 3.46. The van der Waals surface area contributed by atoms with Crippen LogP contribution in [0.5, 0.6) is 5.75 Å². The standard InChI is InChI=1S/C18H28N2O2.ClH/c19-11-4-2-1-3-8-18(22)20(13-15-9-10-15)14-16-6-5-7-17(21)12-16;/h5-7,12,15,21H,1-4,8-11,13-14,19H2;1H. The Morgan fingerprint density at radius 2 is 1.96 bits per heavy atom. The maximum Gasteiger partial charge on any atom is 0.222 e. The van der Waals surface area contributed by atoms with Gasteiger partial charge in [-0.05, 0) is 55.8 Å². The monoisotopic (exact) mass is 340 g/mol. The first-order valence-electron chi connectivity index (χ1n) is 8.45. The Morgan fingerprint density at radius 1 is 1.22 bits per heavy atom. The number of carbonyl (C=O) groups is 1. The molecule has 5 heteroatoms. The minimum absolute atomic E-state index is 0. The number of amides is 1. The summed E-state index contributed by atoms with van der Waals surface area (Å²) >= 11 is 0. The van der Waals surface area contributed by atoms with Crippen LogP contribution in [0, 0.1) is 5.92 Å². The van der Waals surface area contributed by atoms with Crippen LogP contribution in [0.2, 0.25) is 0 Å². The molecule has 1 aliphatic rings. The highest BCUT2D eigenvalue weighted by Gasteiger charge is 2.26. The van der Waals surface area contributed by atoms with Gasteiger partial charge in [0.05, 0.1) is 0 Å². The molecule has 0 unspecified atom stereocenters. The van der Waals surface area contributed by atoms with Gasteiger partial charge in [0, 0.05) is 19.5 Å². The number of benzene rings is 1. The Hall–Kier alpha value is -1.26. The Balaban J connectivity index is 0.00000264. The highest BCUT2D eigenvalue weighted by atomic mass is 35.5. The van der Waals surface area contributed by atoms with Crippen molar-refractivity contribution in [2.24, 2.45) is 11.7 Å². The van der Waals surface area contributed by atoms with Gasteiger partial charge in [0.15, 0.2) is 0 Å². The molecule has 1 fully saturated rings. The Bertz CT molecular complexity index is 478. The average Bonchev–Trinajstić information content (AvgIpc) is 3.30. The quantitative estimate of drug-likeness (QED) is 0.641. The summed E-state index contributed by atoms with van der Waals surface area (Å²) in [7, 11) is 0. The van der Waals surface area contributed by atoms with Crippen LogP contribution < -0.4 is 5.73 Å². The van der Waals surface area contributed by atoms with Crippen LogP contribution in [0.4, 0.5) is 0 Å². The van der Waals surface area contributed by atoms with Gasteiger partial charge in [-0.15, -0.1) is 12.4 Å². The van der Waals surface area contributed by atoms with Gasteiger partial charge in [0.2, 0.25) is 5.91 Å². The molecule has 0 spiro atoms. The van der Waals surface area contributed by atoms with Crippen molar-refractivity contribution in [2.45, 2.75) is 51.5 Å². The number of unbranched alkanes of at least 4 members (excludes halogenated alkanes) is 3. The largest absolute Gasteiger partial charge is 0.508 e. The van der Waals surface area contributed by atoms with Gasteiger partial charge in [-0.1, -0.05) is 25.0 Å². The van der Waals surface area contributed by atoms with Crippen molar-refractivity contribution < 1.29 is 9.90 Å². The van der Waals surface area contributed by atoms with Crippen molar-refractivity contribution in [1.82, 2.24) is 4.90 Å². The first-order chi connectivity index (χ1) is 10.7. The summed E-state index contributed by atoms with van der Waals surface area (Å²) < 4.78 is 0. The van der Waals surface area contributed by atoms with Crippen LogP contribution in [0.1, 0.15) is 50.5 Å². The van der Waals surface area contributed by atoms with E-state index in [0.717, 1.165) is 44.3 Å². The number of nitrogens with two attached hydrogens (primary N) is 1. The molecule has 0 bridgehead atoms. The van der Waals surface area contributed by atoms with E-state index in [-0.39, 0.29) is 24.1 Å². The van der Waals surface area contributed by atoms with Gasteiger partial charge in [0.25, 0.3) is 0 Å². The van der Waals surface area contributed by atoms with Crippen LogP contribution in [0.3, 0.4) is 0 Å². The van der Waals surface area contributed by atoms with E-state index in [9.17, 15) is 9.90 Å². The average molecular weight is 341 g/mol. The normalized spacial score (nSPS) is 13.4. The third-order valence-corrected chi connectivity index (χ3v) is 4.16. The smallest absolute Gasteiger partial charge is 0.222 e. The Kier molecular flexibility index (Phi) is 9.03. The van der Waals surface area contributed by atoms with Gasteiger partial charge in [-0.3, -0.25) is 4.79 Å². The molecule has 0 saturated heterocycles. The molecule has 0 radical (unpaired) electrons. The van der Waals surface area contributed by atoms with Crippen molar-refractivity contribution in [3.8, 4) is 5.75 Å². The number of phenolic OH excluding ortho intramolecular Hbond substituents is 1. The van der Waals surface area contributed by atoms with Gasteiger partial charge < -0.3 is 15.7 Å². The number of hydrogen-bond acceptors (Lipinski definition) is 3. The number of hydrogen-bond donors (Lipinski definition) is 2. The number of rotatable bonds is 10. The number of carbonyl (C=O) groups excluding carboxylic acids is 1. The minimum Gasteiger partial charge on any atom is -0.508 e. The minimum atomic E-state index is 0. The number of aromatic hydroxyl groups is 1. The molecule has 2 rings (SSSR count). The van der Waals surface area contributed by atoms with Crippen molar-refractivity contribution >= 4 is 18.3 Å². The first kappa shape index (κ1) is 19.8. The third kappa shape index (κ3) is 7.71. The summed E-state index contributed by atoms with van der Waals surface area (Å²) in [4.78, 5) is 14.4. The van der Waals surface area contributed by atoms with E-state index in [1.807, 2.05) is 17.0 Å². The summed E-state index contributed by atoms with van der Waals surface area (Å²) in [6.07, 6.45) is 7.27. The Morgan fingerprint density at radius 3 is 2.61 bits per heavy atom. The second-order valence-corrected chi connectivity index (χ2v) is 6.34. The molecule has 3 N–H and O–H groups in total. The summed E-state index contributed by atoms with van der Waals surface area (Å²) in [6.45, 7) is 2.20. The zero-order valence-electron chi connectivity index (χ0n) is 13.7. The maximum absolute atomic E-state index is 12.5. The predicted molar refractivity (Wildman–Crippen MR) is 95.6 cm³/mol. The van der Waals surface area contributed by atoms with Crippen LogP contribution in [0.15, 0.2) is 24.3 Å². The molecular formula is C18H29ClN2O2. The summed E-state index contributed by atoms with van der Waals surface area (Å²) in [5.41, 5.74) is 6.48. The molecule has 0 heterocycles. The Labute approximate surface area is 145 Å². The molecule has 1 aromatic carbocycles. The number of phenols is 1. The summed E-state index contributed by atoms with van der Waals surface area (Å²) in [5, 5.41) is 9.57. The fraction of sp³-hybridized carbons (Fsp3) is 0.611. The zero-order valence-corrected chi connectivity index (χ0v) is 14.6. The molecule has 0 atom stereocenters. The second-order valence-electron chi connectivity index (χ2n) is 6.34. The molecule has 1 amide bonds. The van der Waals surface area contributed by atoms with E-state index in [4.69, 9.17) is 5.73 Å². The van der Waals surface area contributed by atoms with E-state index in [0.29, 0.717) is 18.9 Å². The lowest BCUT2D eigenvalue weighted by molar-refractivity contribution is -0.132. The molecular weight excluding hydrogens is 312 g/mol. The summed E-state index contributed by atoms with van der Waals surface area (Å²) in [5.74, 6) is 1.18. The fourth-order valence-corrected chi connectivity index (χ4v) is 2.67. The van der Waals surface area contributed by atoms with Crippen LogP contribution in [0.25, 0.3) is 0 Å². The van der Waals surface area contributed by atoms with Gasteiger partial charge in [0.1, 0.15) is 5.75 Å². The second kappa shape index (κ2) is 10.5. The van der Waals surface area contributed by atoms with Crippen molar-refractivity contribution in [3.05, 3.63) is 29.8 Å². The van der Waals surface area contributed by atoms with Gasteiger partial charge >= 0.3 is 0 Å². The molecule has 1 aliphatic carbocycles. The van der Waals surface area contributed by atoms with E-state index in [1.165, 1.54) is 12.8 Å². The first-order valence-corrected chi connectivity index (χ1v) is 8.45. The lowest BCUT2D eigenvalue weighted by atomic mass is 10.1. The van der Waals surface area contributed by atoms with Crippen LogP contribution in [-0.2, 0) is 11.3 Å². The van der Waals surface area contributed by atoms with E-state index in [2.05, 4.69) is 0 Å². The molecule has 0 aliphatic heterocycles. The SMILES string of the molecule is Cl.NCCCCCCC(=O)N(Cc1cccc(O)c1)CC1CC1. The van der Waals surface area contributed by atoms with Crippen molar-refractivity contribution in [1.29, 1.82) is 0 Å². The molecule has 0 aromatic heterocycles. The highest BCUT2D eigenvalue weighted by molar-refractivity contribution is 5.85. The molecule has 23 heavy (non-hydrogen) atoms. The third-order valence-electron chi connectivity index (χ3n) is 4.16. The lowest BCUT2D eigenvalue weighted by Gasteiger charge is -2.23. The topological polar surface area (TPSA) is 66.6 Å². The summed E-state index contributed by atoms with van der Waals surface area (Å²) in [6, 6.07) is 7.20. The number of halogens is 1. The molecule has 130 valence electrons. The van der Waals surface area contributed by atoms with E-state index < -0.39 is 0 Å². The van der Waals surface area contributed by atoms with Crippen LogP contribution >= 0.6 is 12.4 Å². The van der Waals surface area contributed by atoms with Crippen molar-refractivity contribution in [2.75, 3.05) is 13.1 Å². The zero-order chi connectivity index (χ0) is 15.8. The van der Waals surface area contributed by atoms with E-state index in [1.54, 1.807) is 12.1 Å². The molecule has 1 saturated carbocycles. The number of nitrogens with zero attached hydrogens (tertiary/aromatic N) is 1. The fourth-order valence-electron chi connectivity index (χ4n) is 2.67.